The topological polar surface area (TPSA) is 50.2 Å². The summed E-state index contributed by atoms with van der Waals surface area (Å²) in [5.41, 5.74) is 7.31. The predicted octanol–water partition coefficient (Wildman–Crippen LogP) is 6.29. The minimum absolute atomic E-state index is 0.153. The van der Waals surface area contributed by atoms with Gasteiger partial charge in [-0.15, -0.1) is 11.3 Å². The summed E-state index contributed by atoms with van der Waals surface area (Å²) in [7, 11) is 0. The molecule has 0 spiro atoms. The Morgan fingerprint density at radius 2 is 1.90 bits per heavy atom. The Labute approximate surface area is 203 Å². The van der Waals surface area contributed by atoms with Gasteiger partial charge in [0.2, 0.25) is 0 Å². The van der Waals surface area contributed by atoms with Crippen molar-refractivity contribution in [1.29, 1.82) is 0 Å². The first kappa shape index (κ1) is 21.5. The third-order valence-corrected chi connectivity index (χ3v) is 8.05. The van der Waals surface area contributed by atoms with Crippen molar-refractivity contribution in [2.75, 3.05) is 13.1 Å². The third kappa shape index (κ3) is 4.18. The zero-order chi connectivity index (χ0) is 21.5. The molecule has 0 atom stereocenters. The van der Waals surface area contributed by atoms with E-state index in [-0.39, 0.29) is 5.91 Å². The lowest BCUT2D eigenvalue weighted by Gasteiger charge is -2.26. The van der Waals surface area contributed by atoms with Gasteiger partial charge in [0.25, 0.3) is 5.91 Å². The fourth-order valence-corrected chi connectivity index (χ4v) is 6.61. The lowest BCUT2D eigenvalue weighted by atomic mass is 10.1. The number of carbonyl (C=O) groups is 1. The zero-order valence-corrected chi connectivity index (χ0v) is 20.7. The average Bonchev–Trinajstić information content (AvgIpc) is 3.24. The van der Waals surface area contributed by atoms with E-state index in [0.29, 0.717) is 15.7 Å². The normalized spacial score (nSPS) is 16.5. The van der Waals surface area contributed by atoms with Gasteiger partial charge in [-0.2, -0.15) is 5.10 Å². The molecule has 2 aromatic heterocycles. The number of piperidine rings is 1. The minimum atomic E-state index is -0.153. The van der Waals surface area contributed by atoms with E-state index in [1.54, 1.807) is 23.5 Å². The molecule has 2 aliphatic rings. The first-order valence-corrected chi connectivity index (χ1v) is 12.8. The van der Waals surface area contributed by atoms with Crippen LogP contribution in [0.15, 0.2) is 28.1 Å². The fraction of sp³-hybridized carbons (Fsp3) is 0.364. The maximum Gasteiger partial charge on any atom is 0.286 e. The molecule has 1 aromatic carbocycles. The second-order valence-corrected chi connectivity index (χ2v) is 11.3. The van der Waals surface area contributed by atoms with Gasteiger partial charge in [0.1, 0.15) is 0 Å². The van der Waals surface area contributed by atoms with E-state index >= 15 is 0 Å². The number of fused-ring (bicyclic) bond motifs is 3. The van der Waals surface area contributed by atoms with Gasteiger partial charge >= 0.3 is 0 Å². The monoisotopic (exact) mass is 538 g/mol. The molecule has 3 aromatic rings. The van der Waals surface area contributed by atoms with E-state index in [1.165, 1.54) is 11.3 Å². The van der Waals surface area contributed by atoms with Crippen LogP contribution in [-0.4, -0.2) is 33.8 Å². The van der Waals surface area contributed by atoms with Crippen LogP contribution in [0.3, 0.4) is 0 Å². The highest BCUT2D eigenvalue weighted by atomic mass is 79.9. The number of aryl methyl sites for hydroxylation is 1. The summed E-state index contributed by atoms with van der Waals surface area (Å²) >= 11 is 18.1. The number of hydrogen-bond donors (Lipinski definition) is 1. The molecular formula is C22H21BrCl2N4OS. The zero-order valence-electron chi connectivity index (χ0n) is 16.8. The molecule has 1 aliphatic carbocycles. The highest BCUT2D eigenvalue weighted by Gasteiger charge is 2.30. The van der Waals surface area contributed by atoms with Crippen LogP contribution in [0.1, 0.15) is 46.6 Å². The van der Waals surface area contributed by atoms with Gasteiger partial charge in [-0.25, -0.2) is 9.69 Å². The van der Waals surface area contributed by atoms with Crippen LogP contribution in [0, 0.1) is 0 Å². The number of halogens is 3. The van der Waals surface area contributed by atoms with Crippen molar-refractivity contribution in [1.82, 2.24) is 20.2 Å². The SMILES string of the molecule is O=C(NN1CCCCC1)c1nn(-c2ccc(Cl)cc2Cl)c2c1CCCc1sc(Br)cc1-2. The Hall–Kier alpha value is -1.38. The molecule has 5 nitrogen and oxygen atoms in total. The molecule has 3 heterocycles. The number of thiophene rings is 1. The van der Waals surface area contributed by atoms with Crippen LogP contribution >= 0.6 is 50.5 Å². The largest absolute Gasteiger partial charge is 0.286 e. The Morgan fingerprint density at radius 1 is 1.10 bits per heavy atom. The Balaban J connectivity index is 1.65. The standard InChI is InChI=1S/C22H21BrCl2N4OS/c23-19-12-15-18(31-19)6-4-5-14-20(22(30)27-28-9-2-1-3-10-28)26-29(21(14)15)17-8-7-13(24)11-16(17)25/h7-8,11-12H,1-6,9-10H2,(H,27,30). The molecule has 31 heavy (non-hydrogen) atoms. The molecule has 5 rings (SSSR count). The molecule has 1 aliphatic heterocycles. The Kier molecular flexibility index (Phi) is 6.14. The maximum absolute atomic E-state index is 13.3. The van der Waals surface area contributed by atoms with E-state index in [9.17, 15) is 4.79 Å². The number of hydrazine groups is 1. The third-order valence-electron chi connectivity index (χ3n) is 5.82. The van der Waals surface area contributed by atoms with Gasteiger partial charge in [0.15, 0.2) is 5.69 Å². The number of nitrogens with zero attached hydrogens (tertiary/aromatic N) is 3. The Bertz CT molecular complexity index is 1150. The van der Waals surface area contributed by atoms with Crippen molar-refractivity contribution in [3.8, 4) is 16.9 Å². The number of aromatic nitrogens is 2. The first-order valence-electron chi connectivity index (χ1n) is 10.4. The molecule has 1 N–H and O–H groups in total. The first-order chi connectivity index (χ1) is 15.0. The van der Waals surface area contributed by atoms with Crippen molar-refractivity contribution in [3.05, 3.63) is 54.2 Å². The van der Waals surface area contributed by atoms with Crippen molar-refractivity contribution >= 4 is 56.4 Å². The van der Waals surface area contributed by atoms with E-state index < -0.39 is 0 Å². The van der Waals surface area contributed by atoms with Gasteiger partial charge in [-0.3, -0.25) is 10.2 Å². The van der Waals surface area contributed by atoms with Crippen LogP contribution in [0.25, 0.3) is 16.9 Å². The van der Waals surface area contributed by atoms with Crippen molar-refractivity contribution in [3.63, 3.8) is 0 Å². The van der Waals surface area contributed by atoms with Crippen LogP contribution in [0.5, 0.6) is 0 Å². The van der Waals surface area contributed by atoms with E-state index in [2.05, 4.69) is 27.4 Å². The molecule has 1 fully saturated rings. The number of hydrogen-bond acceptors (Lipinski definition) is 4. The van der Waals surface area contributed by atoms with Crippen molar-refractivity contribution < 1.29 is 4.79 Å². The summed E-state index contributed by atoms with van der Waals surface area (Å²) in [6.45, 7) is 1.75. The molecule has 0 saturated carbocycles. The second-order valence-electron chi connectivity index (χ2n) is 7.91. The fourth-order valence-electron chi connectivity index (χ4n) is 4.38. The number of benzene rings is 1. The van der Waals surface area contributed by atoms with E-state index in [1.807, 2.05) is 15.8 Å². The van der Waals surface area contributed by atoms with Crippen molar-refractivity contribution in [2.24, 2.45) is 0 Å². The van der Waals surface area contributed by atoms with Gasteiger partial charge in [-0.05, 0) is 72.3 Å². The molecule has 0 bridgehead atoms. The van der Waals surface area contributed by atoms with Gasteiger partial charge < -0.3 is 0 Å². The second kappa shape index (κ2) is 8.87. The highest BCUT2D eigenvalue weighted by Crippen LogP contribution is 2.42. The van der Waals surface area contributed by atoms with E-state index in [0.717, 1.165) is 71.5 Å². The summed E-state index contributed by atoms with van der Waals surface area (Å²) < 4.78 is 2.89. The molecule has 1 saturated heterocycles. The number of rotatable bonds is 3. The van der Waals surface area contributed by atoms with Crippen LogP contribution in [0.4, 0.5) is 0 Å². The quantitative estimate of drug-likeness (QED) is 0.425. The molecule has 0 unspecified atom stereocenters. The smallest absolute Gasteiger partial charge is 0.283 e. The lowest BCUT2D eigenvalue weighted by molar-refractivity contribution is 0.0743. The average molecular weight is 540 g/mol. The minimum Gasteiger partial charge on any atom is -0.283 e. The van der Waals surface area contributed by atoms with Crippen LogP contribution < -0.4 is 5.43 Å². The Morgan fingerprint density at radius 3 is 2.68 bits per heavy atom. The predicted molar refractivity (Wildman–Crippen MR) is 130 cm³/mol. The number of amides is 1. The molecule has 1 amide bonds. The summed E-state index contributed by atoms with van der Waals surface area (Å²) in [6.07, 6.45) is 6.14. The number of nitrogens with one attached hydrogen (secondary N) is 1. The van der Waals surface area contributed by atoms with Crippen molar-refractivity contribution in [2.45, 2.75) is 38.5 Å². The molecule has 0 radical (unpaired) electrons. The van der Waals surface area contributed by atoms with Crippen LogP contribution in [0.2, 0.25) is 10.0 Å². The maximum atomic E-state index is 13.3. The molecule has 162 valence electrons. The van der Waals surface area contributed by atoms with Gasteiger partial charge in [0.05, 0.1) is 20.2 Å². The lowest BCUT2D eigenvalue weighted by Crippen LogP contribution is -2.45. The van der Waals surface area contributed by atoms with Gasteiger partial charge in [-0.1, -0.05) is 29.6 Å². The number of carbonyl (C=O) groups excluding carboxylic acids is 1. The summed E-state index contributed by atoms with van der Waals surface area (Å²) in [5, 5.41) is 7.88. The van der Waals surface area contributed by atoms with Gasteiger partial charge in [0, 0.05) is 34.1 Å². The summed E-state index contributed by atoms with van der Waals surface area (Å²) in [4.78, 5) is 14.6. The summed E-state index contributed by atoms with van der Waals surface area (Å²) in [6, 6.07) is 7.49. The molecule has 9 heteroatoms. The summed E-state index contributed by atoms with van der Waals surface area (Å²) in [5.74, 6) is -0.153. The van der Waals surface area contributed by atoms with Crippen LogP contribution in [-0.2, 0) is 12.8 Å². The van der Waals surface area contributed by atoms with E-state index in [4.69, 9.17) is 28.3 Å². The molecular weight excluding hydrogens is 519 g/mol. The highest BCUT2D eigenvalue weighted by molar-refractivity contribution is 9.11.